The van der Waals surface area contributed by atoms with Gasteiger partial charge in [0, 0.05) is 17.7 Å². The maximum Gasteiger partial charge on any atom is 0.459 e. The first-order valence-corrected chi connectivity index (χ1v) is 13.8. The molecule has 3 N–H and O–H groups in total. The van der Waals surface area contributed by atoms with Gasteiger partial charge in [-0.05, 0) is 38.3 Å². The fourth-order valence-corrected chi connectivity index (χ4v) is 5.78. The SMILES string of the molecule is CCCCOC(=O)[C@H](C)NP(=O)(OC[C@H]1O[C@@H](n2ccc(=O)[nH]c2=O)C2(CC2)[C@@H]1O)Oc1ccccc1. The van der Waals surface area contributed by atoms with Crippen LogP contribution in [-0.4, -0.2) is 52.1 Å². The van der Waals surface area contributed by atoms with Crippen LogP contribution in [0.2, 0.25) is 0 Å². The van der Waals surface area contributed by atoms with E-state index in [1.165, 1.54) is 23.8 Å². The van der Waals surface area contributed by atoms with Crippen LogP contribution in [-0.2, 0) is 23.4 Å². The van der Waals surface area contributed by atoms with Crippen molar-refractivity contribution in [3.8, 4) is 5.75 Å². The summed E-state index contributed by atoms with van der Waals surface area (Å²) in [5, 5.41) is 13.6. The van der Waals surface area contributed by atoms with Gasteiger partial charge in [-0.2, -0.15) is 5.09 Å². The minimum atomic E-state index is -4.16. The van der Waals surface area contributed by atoms with Crippen LogP contribution in [0.25, 0.3) is 0 Å². The number of aromatic nitrogens is 2. The number of esters is 1. The number of aliphatic hydroxyl groups is 1. The summed E-state index contributed by atoms with van der Waals surface area (Å²) in [5.74, 6) is -0.366. The molecule has 202 valence electrons. The zero-order chi connectivity index (χ0) is 26.6. The van der Waals surface area contributed by atoms with E-state index in [0.717, 1.165) is 6.42 Å². The zero-order valence-corrected chi connectivity index (χ0v) is 21.6. The Balaban J connectivity index is 1.48. The minimum absolute atomic E-state index is 0.238. The number of rotatable bonds is 12. The largest absolute Gasteiger partial charge is 0.465 e. The van der Waals surface area contributed by atoms with Gasteiger partial charge in [0.2, 0.25) is 0 Å². The molecule has 1 unspecified atom stereocenters. The first-order chi connectivity index (χ1) is 17.7. The Bertz CT molecular complexity index is 1240. The number of para-hydroxylation sites is 1. The third-order valence-electron chi connectivity index (χ3n) is 6.49. The average Bonchev–Trinajstić information content (AvgIpc) is 3.62. The van der Waals surface area contributed by atoms with Crippen LogP contribution in [0.4, 0.5) is 0 Å². The molecular formula is C24H32N3O9P. The smallest absolute Gasteiger partial charge is 0.459 e. The predicted molar refractivity (Wildman–Crippen MR) is 132 cm³/mol. The van der Waals surface area contributed by atoms with E-state index < -0.39 is 54.9 Å². The second-order valence-electron chi connectivity index (χ2n) is 9.29. The third kappa shape index (κ3) is 6.22. The van der Waals surface area contributed by atoms with Crippen molar-refractivity contribution in [2.75, 3.05) is 13.2 Å². The van der Waals surface area contributed by atoms with Crippen LogP contribution >= 0.6 is 7.75 Å². The number of aromatic amines is 1. The van der Waals surface area contributed by atoms with Crippen molar-refractivity contribution >= 4 is 13.7 Å². The highest BCUT2D eigenvalue weighted by Gasteiger charge is 2.64. The summed E-state index contributed by atoms with van der Waals surface area (Å²) in [5.41, 5.74) is -1.94. The van der Waals surface area contributed by atoms with Gasteiger partial charge >= 0.3 is 19.4 Å². The highest BCUT2D eigenvalue weighted by atomic mass is 31.2. The number of aliphatic hydroxyl groups excluding tert-OH is 1. The molecule has 2 aromatic rings. The van der Waals surface area contributed by atoms with Gasteiger partial charge in [-0.1, -0.05) is 31.5 Å². The Morgan fingerprint density at radius 2 is 2.03 bits per heavy atom. The highest BCUT2D eigenvalue weighted by Crippen LogP contribution is 2.62. The lowest BCUT2D eigenvalue weighted by Gasteiger charge is -2.24. The number of H-pyrrole nitrogens is 1. The molecule has 5 atom stereocenters. The van der Waals surface area contributed by atoms with E-state index in [1.54, 1.807) is 30.3 Å². The fourth-order valence-electron chi connectivity index (χ4n) is 4.28. The van der Waals surface area contributed by atoms with E-state index in [4.69, 9.17) is 18.5 Å². The number of hydrogen-bond acceptors (Lipinski definition) is 9. The molecule has 1 spiro atoms. The summed E-state index contributed by atoms with van der Waals surface area (Å²) < 4.78 is 37.4. The zero-order valence-electron chi connectivity index (χ0n) is 20.7. The van der Waals surface area contributed by atoms with E-state index in [9.17, 15) is 24.1 Å². The van der Waals surface area contributed by atoms with Gasteiger partial charge < -0.3 is 19.1 Å². The van der Waals surface area contributed by atoms with Crippen LogP contribution in [0.5, 0.6) is 5.75 Å². The summed E-state index contributed by atoms with van der Waals surface area (Å²) in [6.07, 6.45) is 1.24. The van der Waals surface area contributed by atoms with Crippen molar-refractivity contribution in [3.63, 3.8) is 0 Å². The molecule has 1 aliphatic carbocycles. The second kappa shape index (κ2) is 11.3. The van der Waals surface area contributed by atoms with Gasteiger partial charge in [0.05, 0.1) is 19.3 Å². The summed E-state index contributed by atoms with van der Waals surface area (Å²) in [6.45, 7) is 3.33. The fraction of sp³-hybridized carbons (Fsp3) is 0.542. The molecule has 1 saturated heterocycles. The molecule has 0 radical (unpaired) electrons. The summed E-state index contributed by atoms with van der Waals surface area (Å²) in [4.78, 5) is 38.4. The van der Waals surface area contributed by atoms with E-state index in [2.05, 4.69) is 10.1 Å². The molecule has 12 nitrogen and oxygen atoms in total. The Hall–Kier alpha value is -2.76. The Morgan fingerprint density at radius 1 is 1.30 bits per heavy atom. The molecule has 37 heavy (non-hydrogen) atoms. The first kappa shape index (κ1) is 27.3. The Kier molecular flexibility index (Phi) is 8.35. The summed E-state index contributed by atoms with van der Waals surface area (Å²) >= 11 is 0. The van der Waals surface area contributed by atoms with E-state index >= 15 is 0 Å². The molecule has 1 aliphatic heterocycles. The van der Waals surface area contributed by atoms with Gasteiger partial charge in [0.15, 0.2) is 0 Å². The molecule has 0 bridgehead atoms. The minimum Gasteiger partial charge on any atom is -0.465 e. The van der Waals surface area contributed by atoms with E-state index in [-0.39, 0.29) is 19.0 Å². The van der Waals surface area contributed by atoms with E-state index in [0.29, 0.717) is 19.3 Å². The Labute approximate surface area is 213 Å². The van der Waals surface area contributed by atoms with Crippen molar-refractivity contribution < 1.29 is 33.0 Å². The number of hydrogen-bond donors (Lipinski definition) is 3. The second-order valence-corrected chi connectivity index (χ2v) is 11.0. The standard InChI is InChI=1S/C24H32N3O9P/c1-3-4-14-33-21(30)16(2)26-37(32,36-17-8-6-5-7-9-17)34-15-18-20(29)24(11-12-24)22(35-18)27-13-10-19(28)25-23(27)31/h5-10,13,16,18,20,22,29H,3-4,11-12,14-15H2,1-2H3,(H,26,32)(H,25,28,31)/t16-,18+,20+,22+,37?/m0/s1. The normalized spacial score (nSPS) is 24.4. The van der Waals surface area contributed by atoms with Gasteiger partial charge in [0.25, 0.3) is 5.56 Å². The van der Waals surface area contributed by atoms with Gasteiger partial charge in [-0.15, -0.1) is 0 Å². The van der Waals surface area contributed by atoms with Crippen LogP contribution in [0.15, 0.2) is 52.2 Å². The molecule has 2 aliphatic rings. The summed E-state index contributed by atoms with van der Waals surface area (Å²) in [6, 6.07) is 8.50. The van der Waals surface area contributed by atoms with Gasteiger partial charge in [-0.25, -0.2) is 9.36 Å². The first-order valence-electron chi connectivity index (χ1n) is 12.3. The maximum atomic E-state index is 13.7. The molecule has 4 rings (SSSR count). The van der Waals surface area contributed by atoms with Gasteiger partial charge in [-0.3, -0.25) is 23.7 Å². The van der Waals surface area contributed by atoms with Crippen molar-refractivity contribution in [3.05, 3.63) is 63.4 Å². The Morgan fingerprint density at radius 3 is 2.68 bits per heavy atom. The topological polar surface area (TPSA) is 158 Å². The molecule has 1 aromatic carbocycles. The number of nitrogens with zero attached hydrogens (tertiary/aromatic N) is 1. The van der Waals surface area contributed by atoms with Crippen molar-refractivity contribution in [1.82, 2.24) is 14.6 Å². The predicted octanol–water partition coefficient (Wildman–Crippen LogP) is 2.10. The monoisotopic (exact) mass is 537 g/mol. The van der Waals surface area contributed by atoms with Crippen molar-refractivity contribution in [2.45, 2.75) is 64.0 Å². The molecule has 0 amide bonds. The number of carbonyl (C=O) groups excluding carboxylic acids is 1. The lowest BCUT2D eigenvalue weighted by atomic mass is 9.96. The molecule has 2 heterocycles. The molecule has 1 saturated carbocycles. The maximum absolute atomic E-state index is 13.7. The van der Waals surface area contributed by atoms with Crippen LogP contribution in [0.1, 0.15) is 45.8 Å². The molecular weight excluding hydrogens is 505 g/mol. The number of unbranched alkanes of at least 4 members (excludes halogenated alkanes) is 1. The highest BCUT2D eigenvalue weighted by molar-refractivity contribution is 7.52. The van der Waals surface area contributed by atoms with Crippen molar-refractivity contribution in [1.29, 1.82) is 0 Å². The summed E-state index contributed by atoms with van der Waals surface area (Å²) in [7, 11) is -4.16. The third-order valence-corrected chi connectivity index (χ3v) is 8.14. The molecule has 13 heteroatoms. The number of ether oxygens (including phenoxy) is 2. The van der Waals surface area contributed by atoms with Crippen molar-refractivity contribution in [2.24, 2.45) is 5.41 Å². The van der Waals surface area contributed by atoms with Gasteiger partial charge in [0.1, 0.15) is 24.1 Å². The molecule has 2 fully saturated rings. The van der Waals surface area contributed by atoms with Crippen LogP contribution < -0.4 is 20.9 Å². The van der Waals surface area contributed by atoms with Crippen LogP contribution in [0, 0.1) is 5.41 Å². The number of nitrogens with one attached hydrogen (secondary N) is 2. The lowest BCUT2D eigenvalue weighted by Crippen LogP contribution is -2.37. The number of benzene rings is 1. The van der Waals surface area contributed by atoms with E-state index in [1.807, 2.05) is 6.92 Å². The lowest BCUT2D eigenvalue weighted by molar-refractivity contribution is -0.145. The number of carbonyl (C=O) groups is 1. The average molecular weight is 538 g/mol. The molecule has 1 aromatic heterocycles. The quantitative estimate of drug-likeness (QED) is 0.208. The van der Waals surface area contributed by atoms with Crippen LogP contribution in [0.3, 0.4) is 0 Å².